The van der Waals surface area contributed by atoms with Crippen LogP contribution in [0.25, 0.3) is 0 Å². The predicted octanol–water partition coefficient (Wildman–Crippen LogP) is 4.02. The van der Waals surface area contributed by atoms with Gasteiger partial charge in [0.2, 0.25) is 10.0 Å². The monoisotopic (exact) mass is 448 g/mol. The van der Waals surface area contributed by atoms with Gasteiger partial charge >= 0.3 is 6.11 Å². The maximum absolute atomic E-state index is 12.9. The fraction of sp³-hybridized carbons (Fsp3) is 0.318. The third-order valence-corrected chi connectivity index (χ3v) is 6.56. The highest BCUT2D eigenvalue weighted by Crippen LogP contribution is 2.25. The van der Waals surface area contributed by atoms with E-state index in [1.54, 1.807) is 0 Å². The van der Waals surface area contributed by atoms with Gasteiger partial charge in [0.05, 0.1) is 10.6 Å². The molecule has 164 valence electrons. The number of alkyl halides is 2. The number of hydrogen-bond donors (Lipinski definition) is 0. The van der Waals surface area contributed by atoms with Crippen molar-refractivity contribution in [1.29, 1.82) is 0 Å². The van der Waals surface area contributed by atoms with Gasteiger partial charge < -0.3 is 9.57 Å². The first-order valence-corrected chi connectivity index (χ1v) is 11.0. The zero-order valence-corrected chi connectivity index (χ0v) is 17.7. The first-order valence-electron chi connectivity index (χ1n) is 9.58. The number of halogens is 2. The molecule has 0 unspecified atom stereocenters. The summed E-state index contributed by atoms with van der Waals surface area (Å²) < 4.78 is 57.2. The molecule has 2 aromatic rings. The van der Waals surface area contributed by atoms with Gasteiger partial charge in [0.25, 0.3) is 0 Å². The van der Waals surface area contributed by atoms with Crippen LogP contribution >= 0.6 is 0 Å². The van der Waals surface area contributed by atoms with Gasteiger partial charge in [0.1, 0.15) is 12.4 Å². The molecule has 1 aliphatic heterocycles. The molecule has 9 heteroatoms. The maximum atomic E-state index is 12.9. The molecule has 0 spiro atoms. The molecule has 1 fully saturated rings. The number of oxime groups is 1. The smallest absolute Gasteiger partial charge is 0.394 e. The Morgan fingerprint density at radius 3 is 2.39 bits per heavy atom. The Labute approximate surface area is 180 Å². The van der Waals surface area contributed by atoms with E-state index >= 15 is 0 Å². The molecule has 0 aliphatic carbocycles. The molecule has 0 aromatic heterocycles. The van der Waals surface area contributed by atoms with Crippen LogP contribution in [0.5, 0.6) is 5.75 Å². The second kappa shape index (κ2) is 9.45. The van der Waals surface area contributed by atoms with Crippen molar-refractivity contribution in [3.05, 3.63) is 59.7 Å². The van der Waals surface area contributed by atoms with E-state index in [0.717, 1.165) is 16.8 Å². The Balaban J connectivity index is 1.57. The Hall–Kier alpha value is -2.96. The van der Waals surface area contributed by atoms with E-state index in [9.17, 15) is 17.2 Å². The van der Waals surface area contributed by atoms with E-state index in [4.69, 9.17) is 11.3 Å². The van der Waals surface area contributed by atoms with E-state index in [-0.39, 0.29) is 30.3 Å². The van der Waals surface area contributed by atoms with Crippen molar-refractivity contribution in [1.82, 2.24) is 4.31 Å². The zero-order chi connectivity index (χ0) is 22.5. The highest BCUT2D eigenvalue weighted by molar-refractivity contribution is 7.89. The van der Waals surface area contributed by atoms with Crippen LogP contribution in [0.15, 0.2) is 58.6 Å². The van der Waals surface area contributed by atoms with E-state index in [2.05, 4.69) is 15.8 Å². The second-order valence-corrected chi connectivity index (χ2v) is 8.96. The molecule has 0 saturated carbocycles. The normalized spacial score (nSPS) is 15.2. The van der Waals surface area contributed by atoms with E-state index < -0.39 is 16.1 Å². The number of terminal acetylenes is 1. The van der Waals surface area contributed by atoms with E-state index in [0.29, 0.717) is 19.8 Å². The van der Waals surface area contributed by atoms with Gasteiger partial charge in [-0.1, -0.05) is 29.3 Å². The van der Waals surface area contributed by atoms with Crippen LogP contribution in [0.1, 0.15) is 30.9 Å². The zero-order valence-electron chi connectivity index (χ0n) is 16.9. The molecule has 0 bridgehead atoms. The fourth-order valence-electron chi connectivity index (χ4n) is 3.09. The molecular weight excluding hydrogens is 426 g/mol. The molecule has 6 nitrogen and oxygen atoms in total. The largest absolute Gasteiger partial charge is 0.433 e. The van der Waals surface area contributed by atoms with Crippen molar-refractivity contribution >= 4 is 15.7 Å². The topological polar surface area (TPSA) is 68.2 Å². The van der Waals surface area contributed by atoms with Crippen LogP contribution < -0.4 is 4.74 Å². The fourth-order valence-corrected chi connectivity index (χ4v) is 4.53. The summed E-state index contributed by atoms with van der Waals surface area (Å²) in [4.78, 5) is 5.42. The quantitative estimate of drug-likeness (QED) is 0.474. The van der Waals surface area contributed by atoms with Gasteiger partial charge in [-0.15, -0.1) is 6.42 Å². The summed E-state index contributed by atoms with van der Waals surface area (Å²) in [7, 11) is -3.75. The average Bonchev–Trinajstić information content (AvgIpc) is 2.74. The third kappa shape index (κ3) is 6.03. The SMILES string of the molecule is C#Cc1ccccc1CON=C1CCN(S(=O)(=O)c2ccc(OC(C)(F)F)cc2)CC1. The highest BCUT2D eigenvalue weighted by atomic mass is 32.2. The molecular formula is C22H22F2N2O4S. The Kier molecular flexibility index (Phi) is 6.93. The average molecular weight is 448 g/mol. The van der Waals surface area contributed by atoms with Crippen molar-refractivity contribution in [3.63, 3.8) is 0 Å². The summed E-state index contributed by atoms with van der Waals surface area (Å²) in [5.74, 6) is 2.48. The molecule has 1 heterocycles. The van der Waals surface area contributed by atoms with Gasteiger partial charge in [-0.25, -0.2) is 8.42 Å². The minimum Gasteiger partial charge on any atom is -0.433 e. The summed E-state index contributed by atoms with van der Waals surface area (Å²) in [6.45, 7) is 1.34. The molecule has 1 aliphatic rings. The number of ether oxygens (including phenoxy) is 1. The Morgan fingerprint density at radius 1 is 1.13 bits per heavy atom. The standard InChI is InChI=1S/C22H22F2N2O4S/c1-3-17-6-4-5-7-18(17)16-29-25-19-12-14-26(15-13-19)31(27,28)21-10-8-20(9-11-21)30-22(2,23)24/h1,4-11H,12-16H2,2H3. The molecule has 2 aromatic carbocycles. The molecule has 31 heavy (non-hydrogen) atoms. The summed E-state index contributed by atoms with van der Waals surface area (Å²) in [6, 6.07) is 12.3. The second-order valence-electron chi connectivity index (χ2n) is 7.02. The first kappa shape index (κ1) is 22.7. The Morgan fingerprint density at radius 2 is 1.77 bits per heavy atom. The predicted molar refractivity (Wildman–Crippen MR) is 112 cm³/mol. The van der Waals surface area contributed by atoms with Crippen molar-refractivity contribution in [2.75, 3.05) is 13.1 Å². The van der Waals surface area contributed by atoms with Gasteiger partial charge in [-0.05, 0) is 30.3 Å². The van der Waals surface area contributed by atoms with Gasteiger partial charge in [-0.3, -0.25) is 0 Å². The van der Waals surface area contributed by atoms with Crippen LogP contribution in [0.4, 0.5) is 8.78 Å². The van der Waals surface area contributed by atoms with Gasteiger partial charge in [-0.2, -0.15) is 13.1 Å². The summed E-state index contributed by atoms with van der Waals surface area (Å²) in [6.07, 6.45) is 2.98. The van der Waals surface area contributed by atoms with Crippen LogP contribution in [0.3, 0.4) is 0 Å². The molecule has 3 rings (SSSR count). The summed E-state index contributed by atoms with van der Waals surface area (Å²) in [5, 5.41) is 4.13. The summed E-state index contributed by atoms with van der Waals surface area (Å²) in [5.41, 5.74) is 2.35. The number of sulfonamides is 1. The van der Waals surface area contributed by atoms with Gasteiger partial charge in [0.15, 0.2) is 0 Å². The molecule has 0 N–H and O–H groups in total. The van der Waals surface area contributed by atoms with E-state index in [1.807, 2.05) is 24.3 Å². The molecule has 1 saturated heterocycles. The highest BCUT2D eigenvalue weighted by Gasteiger charge is 2.29. The molecule has 0 amide bonds. The van der Waals surface area contributed by atoms with Gasteiger partial charge in [0, 0.05) is 44.0 Å². The summed E-state index contributed by atoms with van der Waals surface area (Å²) >= 11 is 0. The number of hydrogen-bond acceptors (Lipinski definition) is 5. The van der Waals surface area contributed by atoms with Crippen LogP contribution in [-0.4, -0.2) is 37.6 Å². The van der Waals surface area contributed by atoms with Crippen molar-refractivity contribution in [2.24, 2.45) is 5.16 Å². The maximum Gasteiger partial charge on any atom is 0.394 e. The van der Waals surface area contributed by atoms with E-state index in [1.165, 1.54) is 28.6 Å². The van der Waals surface area contributed by atoms with Crippen molar-refractivity contribution < 1.29 is 26.8 Å². The minimum absolute atomic E-state index is 0.0156. The number of benzene rings is 2. The van der Waals surface area contributed by atoms with Crippen LogP contribution in [0.2, 0.25) is 0 Å². The number of rotatable bonds is 7. The lowest BCUT2D eigenvalue weighted by Gasteiger charge is -2.26. The lowest BCUT2D eigenvalue weighted by Crippen LogP contribution is -2.38. The number of nitrogens with zero attached hydrogens (tertiary/aromatic N) is 2. The van der Waals surface area contributed by atoms with Crippen molar-refractivity contribution in [2.45, 2.75) is 37.4 Å². The molecule has 0 radical (unpaired) electrons. The van der Waals surface area contributed by atoms with Crippen molar-refractivity contribution in [3.8, 4) is 18.1 Å². The third-order valence-electron chi connectivity index (χ3n) is 4.64. The Bertz CT molecular complexity index is 1080. The van der Waals surface area contributed by atoms with Crippen LogP contribution in [0, 0.1) is 12.3 Å². The minimum atomic E-state index is -3.75. The lowest BCUT2D eigenvalue weighted by molar-refractivity contribution is -0.158. The first-order chi connectivity index (χ1) is 14.7. The molecule has 0 atom stereocenters. The number of piperidine rings is 1. The lowest BCUT2D eigenvalue weighted by atomic mass is 10.1. The van der Waals surface area contributed by atoms with Crippen LogP contribution in [-0.2, 0) is 21.5 Å².